The smallest absolute Gasteiger partial charge is 0.0499 e. The van der Waals surface area contributed by atoms with Crippen LogP contribution in [0.25, 0.3) is 0 Å². The van der Waals surface area contributed by atoms with E-state index in [1.807, 2.05) is 0 Å². The molecule has 0 radical (unpaired) electrons. The molecule has 0 spiro atoms. The SMILES string of the molecule is CCN(CC)C1CN(CC2(CO)CC2)C1. The van der Waals surface area contributed by atoms with Crippen molar-refractivity contribution in [1.29, 1.82) is 0 Å². The Kier molecular flexibility index (Phi) is 3.33. The van der Waals surface area contributed by atoms with Crippen molar-refractivity contribution in [3.8, 4) is 0 Å². The van der Waals surface area contributed by atoms with Crippen LogP contribution in [-0.2, 0) is 0 Å². The molecule has 88 valence electrons. The van der Waals surface area contributed by atoms with Gasteiger partial charge in [0.15, 0.2) is 0 Å². The first-order valence-corrected chi connectivity index (χ1v) is 6.30. The van der Waals surface area contributed by atoms with E-state index in [4.69, 9.17) is 0 Å². The van der Waals surface area contributed by atoms with E-state index in [-0.39, 0.29) is 0 Å². The second-order valence-corrected chi connectivity index (χ2v) is 5.23. The summed E-state index contributed by atoms with van der Waals surface area (Å²) >= 11 is 0. The molecule has 3 heteroatoms. The van der Waals surface area contributed by atoms with E-state index in [1.165, 1.54) is 39.0 Å². The molecule has 0 bridgehead atoms. The molecular formula is C12H24N2O. The fourth-order valence-electron chi connectivity index (χ4n) is 2.66. The predicted octanol–water partition coefficient (Wildman–Crippen LogP) is 0.785. The van der Waals surface area contributed by atoms with Gasteiger partial charge < -0.3 is 5.11 Å². The van der Waals surface area contributed by atoms with Crippen LogP contribution in [0.3, 0.4) is 0 Å². The minimum atomic E-state index is 0.300. The molecule has 0 unspecified atom stereocenters. The fourth-order valence-corrected chi connectivity index (χ4v) is 2.66. The van der Waals surface area contributed by atoms with Crippen molar-refractivity contribution >= 4 is 0 Å². The van der Waals surface area contributed by atoms with Gasteiger partial charge in [-0.15, -0.1) is 0 Å². The average Bonchev–Trinajstić information content (AvgIpc) is 2.96. The zero-order valence-corrected chi connectivity index (χ0v) is 10.1. The van der Waals surface area contributed by atoms with Gasteiger partial charge in [-0.1, -0.05) is 13.8 Å². The maximum absolute atomic E-state index is 9.26. The molecule has 0 atom stereocenters. The number of hydrogen-bond acceptors (Lipinski definition) is 3. The second-order valence-electron chi connectivity index (χ2n) is 5.23. The molecule has 1 heterocycles. The minimum Gasteiger partial charge on any atom is -0.396 e. The summed E-state index contributed by atoms with van der Waals surface area (Å²) in [6.45, 7) is 10.7. The van der Waals surface area contributed by atoms with Gasteiger partial charge in [0.05, 0.1) is 0 Å². The minimum absolute atomic E-state index is 0.300. The van der Waals surface area contributed by atoms with E-state index in [2.05, 4.69) is 23.6 Å². The zero-order chi connectivity index (χ0) is 10.9. The van der Waals surface area contributed by atoms with Gasteiger partial charge in [-0.25, -0.2) is 0 Å². The summed E-state index contributed by atoms with van der Waals surface area (Å²) in [4.78, 5) is 5.04. The summed E-state index contributed by atoms with van der Waals surface area (Å²) in [5, 5.41) is 9.26. The lowest BCUT2D eigenvalue weighted by atomic mass is 10.0. The van der Waals surface area contributed by atoms with Crippen LogP contribution in [0.4, 0.5) is 0 Å². The molecule has 1 saturated carbocycles. The number of aliphatic hydroxyl groups excluding tert-OH is 1. The van der Waals surface area contributed by atoms with Crippen molar-refractivity contribution < 1.29 is 5.11 Å². The Hall–Kier alpha value is -0.120. The molecule has 3 nitrogen and oxygen atoms in total. The van der Waals surface area contributed by atoms with E-state index in [0.717, 1.165) is 12.6 Å². The molecular weight excluding hydrogens is 188 g/mol. The van der Waals surface area contributed by atoms with Crippen molar-refractivity contribution in [1.82, 2.24) is 9.80 Å². The Bertz CT molecular complexity index is 206. The van der Waals surface area contributed by atoms with Crippen molar-refractivity contribution in [2.75, 3.05) is 39.3 Å². The number of likely N-dealkylation sites (tertiary alicyclic amines) is 1. The van der Waals surface area contributed by atoms with Crippen molar-refractivity contribution in [2.45, 2.75) is 32.7 Å². The van der Waals surface area contributed by atoms with E-state index < -0.39 is 0 Å². The Labute approximate surface area is 93.1 Å². The van der Waals surface area contributed by atoms with Crippen LogP contribution >= 0.6 is 0 Å². The third kappa shape index (κ3) is 2.35. The predicted molar refractivity (Wildman–Crippen MR) is 61.9 cm³/mol. The largest absolute Gasteiger partial charge is 0.396 e. The molecule has 0 amide bonds. The normalized spacial score (nSPS) is 25.6. The first kappa shape index (κ1) is 11.4. The van der Waals surface area contributed by atoms with E-state index >= 15 is 0 Å². The van der Waals surface area contributed by atoms with E-state index in [1.54, 1.807) is 0 Å². The summed E-state index contributed by atoms with van der Waals surface area (Å²) in [5.41, 5.74) is 0.300. The highest BCUT2D eigenvalue weighted by Gasteiger charge is 2.45. The first-order chi connectivity index (χ1) is 7.23. The van der Waals surface area contributed by atoms with Gasteiger partial charge in [0.1, 0.15) is 0 Å². The van der Waals surface area contributed by atoms with Gasteiger partial charge in [0.2, 0.25) is 0 Å². The maximum Gasteiger partial charge on any atom is 0.0499 e. The van der Waals surface area contributed by atoms with E-state index in [9.17, 15) is 5.11 Å². The molecule has 2 rings (SSSR count). The fraction of sp³-hybridized carbons (Fsp3) is 1.00. The summed E-state index contributed by atoms with van der Waals surface area (Å²) < 4.78 is 0. The quantitative estimate of drug-likeness (QED) is 0.705. The molecule has 0 aromatic heterocycles. The van der Waals surface area contributed by atoms with Crippen LogP contribution in [0.1, 0.15) is 26.7 Å². The Morgan fingerprint density at radius 2 is 1.87 bits per heavy atom. The average molecular weight is 212 g/mol. The molecule has 2 fully saturated rings. The van der Waals surface area contributed by atoms with Crippen LogP contribution in [0, 0.1) is 5.41 Å². The number of rotatable bonds is 6. The van der Waals surface area contributed by atoms with Crippen LogP contribution in [0.5, 0.6) is 0 Å². The molecule has 1 saturated heterocycles. The highest BCUT2D eigenvalue weighted by atomic mass is 16.3. The molecule has 1 aliphatic carbocycles. The monoisotopic (exact) mass is 212 g/mol. The highest BCUT2D eigenvalue weighted by Crippen LogP contribution is 2.46. The molecule has 2 aliphatic rings. The standard InChI is InChI=1S/C12H24N2O/c1-3-14(4-2)11-7-13(8-11)9-12(10-15)5-6-12/h11,15H,3-10H2,1-2H3. The first-order valence-electron chi connectivity index (χ1n) is 6.30. The second kappa shape index (κ2) is 4.40. The van der Waals surface area contributed by atoms with E-state index in [0.29, 0.717) is 12.0 Å². The van der Waals surface area contributed by atoms with Gasteiger partial charge in [-0.3, -0.25) is 9.80 Å². The molecule has 0 aromatic carbocycles. The Balaban J connectivity index is 1.69. The number of likely N-dealkylation sites (N-methyl/N-ethyl adjacent to an activating group) is 1. The summed E-state index contributed by atoms with van der Waals surface area (Å²) in [5.74, 6) is 0. The lowest BCUT2D eigenvalue weighted by Crippen LogP contribution is -2.60. The Morgan fingerprint density at radius 3 is 2.27 bits per heavy atom. The van der Waals surface area contributed by atoms with Crippen LogP contribution in [0.2, 0.25) is 0 Å². The van der Waals surface area contributed by atoms with Gasteiger partial charge in [-0.05, 0) is 25.9 Å². The molecule has 1 N–H and O–H groups in total. The maximum atomic E-state index is 9.26. The highest BCUT2D eigenvalue weighted by molar-refractivity contribution is 4.99. The summed E-state index contributed by atoms with van der Waals surface area (Å²) in [6, 6.07) is 0.773. The summed E-state index contributed by atoms with van der Waals surface area (Å²) in [7, 11) is 0. The molecule has 1 aliphatic heterocycles. The zero-order valence-electron chi connectivity index (χ0n) is 10.1. The lowest BCUT2D eigenvalue weighted by Gasteiger charge is -2.46. The van der Waals surface area contributed by atoms with Crippen LogP contribution < -0.4 is 0 Å². The van der Waals surface area contributed by atoms with Gasteiger partial charge >= 0.3 is 0 Å². The number of aliphatic hydroxyl groups is 1. The number of hydrogen-bond donors (Lipinski definition) is 1. The van der Waals surface area contributed by atoms with Crippen LogP contribution in [0.15, 0.2) is 0 Å². The van der Waals surface area contributed by atoms with Crippen molar-refractivity contribution in [3.05, 3.63) is 0 Å². The Morgan fingerprint density at radius 1 is 1.27 bits per heavy atom. The van der Waals surface area contributed by atoms with Gasteiger partial charge in [0.25, 0.3) is 0 Å². The third-order valence-electron chi connectivity index (χ3n) is 4.12. The molecule has 15 heavy (non-hydrogen) atoms. The molecule has 0 aromatic rings. The third-order valence-corrected chi connectivity index (χ3v) is 4.12. The lowest BCUT2D eigenvalue weighted by molar-refractivity contribution is 0.0173. The van der Waals surface area contributed by atoms with Crippen LogP contribution in [-0.4, -0.2) is 60.3 Å². The number of nitrogens with zero attached hydrogens (tertiary/aromatic N) is 2. The van der Waals surface area contributed by atoms with Gasteiger partial charge in [0, 0.05) is 37.7 Å². The topological polar surface area (TPSA) is 26.7 Å². The van der Waals surface area contributed by atoms with Crippen molar-refractivity contribution in [2.24, 2.45) is 5.41 Å². The summed E-state index contributed by atoms with van der Waals surface area (Å²) in [6.07, 6.45) is 2.46. The van der Waals surface area contributed by atoms with Crippen molar-refractivity contribution in [3.63, 3.8) is 0 Å². The van der Waals surface area contributed by atoms with Gasteiger partial charge in [-0.2, -0.15) is 0 Å².